The zero-order valence-corrected chi connectivity index (χ0v) is 9.29. The molecular weight excluding hydrogens is 220 g/mol. The number of H-pyrrole nitrogens is 1. The van der Waals surface area contributed by atoms with Gasteiger partial charge in [-0.2, -0.15) is 0 Å². The first-order chi connectivity index (χ1) is 7.84. The van der Waals surface area contributed by atoms with Crippen molar-refractivity contribution in [2.45, 2.75) is 6.42 Å². The normalized spacial score (nSPS) is 11.0. The second kappa shape index (κ2) is 3.64. The standard InChI is InChI=1S/C12H10N2OS/c15-12-8-3-1-2-4-9(8)16-10(12)7-11-13-5-6-14-11/h1-6,15H,7H2,(H,13,14). The van der Waals surface area contributed by atoms with Crippen molar-refractivity contribution in [3.05, 3.63) is 47.4 Å². The van der Waals surface area contributed by atoms with E-state index in [0.717, 1.165) is 20.8 Å². The zero-order valence-electron chi connectivity index (χ0n) is 8.47. The van der Waals surface area contributed by atoms with Crippen molar-refractivity contribution in [3.63, 3.8) is 0 Å². The quantitative estimate of drug-likeness (QED) is 0.711. The molecule has 4 heteroatoms. The van der Waals surface area contributed by atoms with E-state index < -0.39 is 0 Å². The van der Waals surface area contributed by atoms with Crippen LogP contribution >= 0.6 is 11.3 Å². The van der Waals surface area contributed by atoms with Gasteiger partial charge in [0.15, 0.2) is 0 Å². The monoisotopic (exact) mass is 230 g/mol. The molecular formula is C12H10N2OS. The van der Waals surface area contributed by atoms with Gasteiger partial charge in [-0.25, -0.2) is 4.98 Å². The average Bonchev–Trinajstić information content (AvgIpc) is 2.90. The van der Waals surface area contributed by atoms with Gasteiger partial charge in [-0.15, -0.1) is 11.3 Å². The smallest absolute Gasteiger partial charge is 0.137 e. The summed E-state index contributed by atoms with van der Waals surface area (Å²) in [6.45, 7) is 0. The van der Waals surface area contributed by atoms with Crippen LogP contribution in [0, 0.1) is 0 Å². The van der Waals surface area contributed by atoms with Gasteiger partial charge in [0, 0.05) is 28.9 Å². The summed E-state index contributed by atoms with van der Waals surface area (Å²) < 4.78 is 1.11. The van der Waals surface area contributed by atoms with E-state index >= 15 is 0 Å². The lowest BCUT2D eigenvalue weighted by molar-refractivity contribution is 0.478. The number of hydrogen-bond donors (Lipinski definition) is 2. The van der Waals surface area contributed by atoms with Crippen LogP contribution in [0.2, 0.25) is 0 Å². The predicted octanol–water partition coefficient (Wildman–Crippen LogP) is 2.92. The number of benzene rings is 1. The summed E-state index contributed by atoms with van der Waals surface area (Å²) >= 11 is 1.61. The Hall–Kier alpha value is -1.81. The Morgan fingerprint density at radius 2 is 2.19 bits per heavy atom. The van der Waals surface area contributed by atoms with Gasteiger partial charge >= 0.3 is 0 Å². The maximum Gasteiger partial charge on any atom is 0.137 e. The van der Waals surface area contributed by atoms with E-state index in [-0.39, 0.29) is 0 Å². The van der Waals surface area contributed by atoms with Gasteiger partial charge in [0.25, 0.3) is 0 Å². The van der Waals surface area contributed by atoms with Crippen LogP contribution in [-0.2, 0) is 6.42 Å². The number of imidazole rings is 1. The van der Waals surface area contributed by atoms with Crippen molar-refractivity contribution < 1.29 is 5.11 Å². The number of nitrogens with one attached hydrogen (secondary N) is 1. The van der Waals surface area contributed by atoms with Crippen molar-refractivity contribution in [3.8, 4) is 5.75 Å². The van der Waals surface area contributed by atoms with Crippen molar-refractivity contribution in [2.24, 2.45) is 0 Å². The summed E-state index contributed by atoms with van der Waals surface area (Å²) in [6, 6.07) is 7.87. The van der Waals surface area contributed by atoms with E-state index in [9.17, 15) is 5.11 Å². The van der Waals surface area contributed by atoms with Crippen LogP contribution in [0.25, 0.3) is 10.1 Å². The number of aromatic amines is 1. The molecule has 80 valence electrons. The summed E-state index contributed by atoms with van der Waals surface area (Å²) in [7, 11) is 0. The number of aromatic nitrogens is 2. The lowest BCUT2D eigenvalue weighted by Gasteiger charge is -1.94. The molecule has 0 radical (unpaired) electrons. The number of thiophene rings is 1. The second-order valence-electron chi connectivity index (χ2n) is 3.58. The molecule has 2 heterocycles. The first-order valence-corrected chi connectivity index (χ1v) is 5.84. The third kappa shape index (κ3) is 1.47. The lowest BCUT2D eigenvalue weighted by atomic mass is 10.2. The van der Waals surface area contributed by atoms with Gasteiger partial charge in [0.05, 0.1) is 4.88 Å². The minimum Gasteiger partial charge on any atom is -0.506 e. The van der Waals surface area contributed by atoms with Crippen molar-refractivity contribution in [2.75, 3.05) is 0 Å². The predicted molar refractivity (Wildman–Crippen MR) is 64.9 cm³/mol. The highest BCUT2D eigenvalue weighted by molar-refractivity contribution is 7.19. The Morgan fingerprint density at radius 3 is 2.94 bits per heavy atom. The molecule has 0 amide bonds. The number of fused-ring (bicyclic) bond motifs is 1. The van der Waals surface area contributed by atoms with Gasteiger partial charge in [0.2, 0.25) is 0 Å². The maximum absolute atomic E-state index is 10.1. The third-order valence-corrected chi connectivity index (χ3v) is 3.68. The molecule has 0 atom stereocenters. The highest BCUT2D eigenvalue weighted by Crippen LogP contribution is 2.37. The van der Waals surface area contributed by atoms with E-state index in [4.69, 9.17) is 0 Å². The zero-order chi connectivity index (χ0) is 11.0. The molecule has 2 N–H and O–H groups in total. The van der Waals surface area contributed by atoms with Crippen LogP contribution < -0.4 is 0 Å². The van der Waals surface area contributed by atoms with E-state index in [2.05, 4.69) is 9.97 Å². The molecule has 0 saturated carbocycles. The van der Waals surface area contributed by atoms with E-state index in [0.29, 0.717) is 12.2 Å². The van der Waals surface area contributed by atoms with Crippen molar-refractivity contribution >= 4 is 21.4 Å². The fourth-order valence-electron chi connectivity index (χ4n) is 1.75. The minimum absolute atomic E-state index is 0.386. The highest BCUT2D eigenvalue weighted by Gasteiger charge is 2.11. The van der Waals surface area contributed by atoms with Gasteiger partial charge in [0.1, 0.15) is 11.6 Å². The Morgan fingerprint density at radius 1 is 1.31 bits per heavy atom. The summed E-state index contributed by atoms with van der Waals surface area (Å²) in [5.74, 6) is 1.26. The van der Waals surface area contributed by atoms with Gasteiger partial charge < -0.3 is 10.1 Å². The molecule has 0 bridgehead atoms. The molecule has 3 nitrogen and oxygen atoms in total. The highest BCUT2D eigenvalue weighted by atomic mass is 32.1. The number of hydrogen-bond acceptors (Lipinski definition) is 3. The third-order valence-electron chi connectivity index (χ3n) is 2.52. The first kappa shape index (κ1) is 9.42. The lowest BCUT2D eigenvalue weighted by Crippen LogP contribution is -1.87. The van der Waals surface area contributed by atoms with Crippen LogP contribution in [0.5, 0.6) is 5.75 Å². The summed E-state index contributed by atoms with van der Waals surface area (Å²) in [5, 5.41) is 11.0. The Labute approximate surface area is 96.4 Å². The molecule has 0 aliphatic carbocycles. The number of nitrogens with zero attached hydrogens (tertiary/aromatic N) is 1. The van der Waals surface area contributed by atoms with Crippen molar-refractivity contribution in [1.29, 1.82) is 0 Å². The van der Waals surface area contributed by atoms with Crippen LogP contribution in [0.1, 0.15) is 10.7 Å². The van der Waals surface area contributed by atoms with Gasteiger partial charge in [-0.1, -0.05) is 12.1 Å². The molecule has 0 unspecified atom stereocenters. The molecule has 2 aromatic heterocycles. The van der Waals surface area contributed by atoms with E-state index in [1.54, 1.807) is 23.7 Å². The van der Waals surface area contributed by atoms with Crippen LogP contribution in [-0.4, -0.2) is 15.1 Å². The van der Waals surface area contributed by atoms with Crippen LogP contribution in [0.3, 0.4) is 0 Å². The fourth-order valence-corrected chi connectivity index (χ4v) is 2.85. The molecule has 0 spiro atoms. The average molecular weight is 230 g/mol. The number of rotatable bonds is 2. The summed E-state index contributed by atoms with van der Waals surface area (Å²) in [5.41, 5.74) is 0. The van der Waals surface area contributed by atoms with Crippen molar-refractivity contribution in [1.82, 2.24) is 9.97 Å². The molecule has 1 aromatic carbocycles. The molecule has 16 heavy (non-hydrogen) atoms. The largest absolute Gasteiger partial charge is 0.506 e. The van der Waals surface area contributed by atoms with E-state index in [1.807, 2.05) is 24.3 Å². The Bertz CT molecular complexity index is 613. The SMILES string of the molecule is Oc1c(Cc2ncc[nH]2)sc2ccccc12. The second-order valence-corrected chi connectivity index (χ2v) is 4.72. The molecule has 0 aliphatic heterocycles. The van der Waals surface area contributed by atoms with E-state index in [1.165, 1.54) is 0 Å². The van der Waals surface area contributed by atoms with Gasteiger partial charge in [-0.05, 0) is 12.1 Å². The summed E-state index contributed by atoms with van der Waals surface area (Å²) in [4.78, 5) is 8.16. The molecule has 0 saturated heterocycles. The summed E-state index contributed by atoms with van der Waals surface area (Å²) in [6.07, 6.45) is 4.16. The minimum atomic E-state index is 0.386. The molecule has 3 rings (SSSR count). The Kier molecular flexibility index (Phi) is 2.15. The topological polar surface area (TPSA) is 48.9 Å². The molecule has 0 fully saturated rings. The van der Waals surface area contributed by atoms with Crippen LogP contribution in [0.4, 0.5) is 0 Å². The fraction of sp³-hybridized carbons (Fsp3) is 0.0833. The molecule has 0 aliphatic rings. The molecule has 3 aromatic rings. The maximum atomic E-state index is 10.1. The Balaban J connectivity index is 2.07. The first-order valence-electron chi connectivity index (χ1n) is 5.02. The number of aromatic hydroxyl groups is 1. The van der Waals surface area contributed by atoms with Crippen LogP contribution in [0.15, 0.2) is 36.7 Å². The van der Waals surface area contributed by atoms with Gasteiger partial charge in [-0.3, -0.25) is 0 Å².